The van der Waals surface area contributed by atoms with Crippen LogP contribution in [0.2, 0.25) is 0 Å². The van der Waals surface area contributed by atoms with Gasteiger partial charge in [0.1, 0.15) is 0 Å². The van der Waals surface area contributed by atoms with Gasteiger partial charge in [0.15, 0.2) is 0 Å². The SMILES string of the molecule is CCCCNS(=O)(=O)CCc1ccc(S(=O)(=O)N(C)C)cc1. The normalized spacial score (nSPS) is 12.7. The van der Waals surface area contributed by atoms with Crippen molar-refractivity contribution in [3.8, 4) is 0 Å². The Morgan fingerprint density at radius 3 is 2.14 bits per heavy atom. The first-order valence-electron chi connectivity index (χ1n) is 7.18. The van der Waals surface area contributed by atoms with E-state index in [1.807, 2.05) is 6.92 Å². The second kappa shape index (κ2) is 8.05. The Labute approximate surface area is 133 Å². The summed E-state index contributed by atoms with van der Waals surface area (Å²) in [6.45, 7) is 2.45. The molecule has 8 heteroatoms. The first-order valence-corrected chi connectivity index (χ1v) is 10.3. The molecule has 0 radical (unpaired) electrons. The molecule has 1 N–H and O–H groups in total. The smallest absolute Gasteiger partial charge is 0.215 e. The molecule has 1 rings (SSSR count). The number of rotatable bonds is 9. The second-order valence-corrected chi connectivity index (χ2v) is 9.33. The predicted octanol–water partition coefficient (Wildman–Crippen LogP) is 1.20. The highest BCUT2D eigenvalue weighted by molar-refractivity contribution is 7.89. The van der Waals surface area contributed by atoms with E-state index < -0.39 is 20.0 Å². The van der Waals surface area contributed by atoms with Crippen LogP contribution in [0.4, 0.5) is 0 Å². The fourth-order valence-corrected chi connectivity index (χ4v) is 3.77. The van der Waals surface area contributed by atoms with Crippen molar-refractivity contribution < 1.29 is 16.8 Å². The van der Waals surface area contributed by atoms with E-state index in [-0.39, 0.29) is 10.6 Å². The summed E-state index contributed by atoms with van der Waals surface area (Å²) < 4.78 is 51.1. The van der Waals surface area contributed by atoms with Gasteiger partial charge in [0, 0.05) is 20.6 Å². The van der Waals surface area contributed by atoms with Crippen molar-refractivity contribution in [3.63, 3.8) is 0 Å². The minimum absolute atomic E-state index is 0.00348. The fraction of sp³-hybridized carbons (Fsp3) is 0.571. The van der Waals surface area contributed by atoms with Crippen LogP contribution in [0.5, 0.6) is 0 Å². The van der Waals surface area contributed by atoms with Crippen LogP contribution < -0.4 is 4.72 Å². The molecule has 0 aliphatic heterocycles. The lowest BCUT2D eigenvalue weighted by molar-refractivity contribution is 0.520. The molecular formula is C14H24N2O4S2. The third-order valence-electron chi connectivity index (χ3n) is 3.21. The third-order valence-corrected chi connectivity index (χ3v) is 6.43. The van der Waals surface area contributed by atoms with Crippen molar-refractivity contribution in [3.05, 3.63) is 29.8 Å². The van der Waals surface area contributed by atoms with Gasteiger partial charge in [0.2, 0.25) is 20.0 Å². The van der Waals surface area contributed by atoms with Crippen LogP contribution in [-0.2, 0) is 26.5 Å². The zero-order valence-corrected chi connectivity index (χ0v) is 14.9. The van der Waals surface area contributed by atoms with E-state index in [0.717, 1.165) is 22.7 Å². The zero-order chi connectivity index (χ0) is 16.8. The summed E-state index contributed by atoms with van der Waals surface area (Å²) in [6.07, 6.45) is 2.10. The standard InChI is InChI=1S/C14H24N2O4S2/c1-4-5-11-15-21(17,18)12-10-13-6-8-14(9-7-13)22(19,20)16(2)3/h6-9,15H,4-5,10-12H2,1-3H3. The average molecular weight is 348 g/mol. The number of nitrogens with one attached hydrogen (secondary N) is 1. The van der Waals surface area contributed by atoms with Gasteiger partial charge in [-0.25, -0.2) is 25.9 Å². The van der Waals surface area contributed by atoms with Crippen molar-refractivity contribution in [2.45, 2.75) is 31.1 Å². The summed E-state index contributed by atoms with van der Waals surface area (Å²) in [5.74, 6) is -0.00348. The topological polar surface area (TPSA) is 83.5 Å². The van der Waals surface area contributed by atoms with Crippen LogP contribution in [0.1, 0.15) is 25.3 Å². The summed E-state index contributed by atoms with van der Waals surface area (Å²) in [5.41, 5.74) is 0.790. The summed E-state index contributed by atoms with van der Waals surface area (Å²) in [4.78, 5) is 0.199. The molecule has 0 spiro atoms. The second-order valence-electron chi connectivity index (χ2n) is 5.25. The monoisotopic (exact) mass is 348 g/mol. The molecule has 0 aromatic heterocycles. The Morgan fingerprint density at radius 2 is 1.64 bits per heavy atom. The Balaban J connectivity index is 2.66. The number of aryl methyl sites for hydroxylation is 1. The van der Waals surface area contributed by atoms with Gasteiger partial charge in [-0.2, -0.15) is 0 Å². The van der Waals surface area contributed by atoms with Gasteiger partial charge in [-0.15, -0.1) is 0 Å². The molecule has 1 aromatic carbocycles. The molecule has 0 atom stereocenters. The number of unbranched alkanes of at least 4 members (excludes halogenated alkanes) is 1. The molecule has 0 saturated carbocycles. The molecule has 22 heavy (non-hydrogen) atoms. The largest absolute Gasteiger partial charge is 0.242 e. The van der Waals surface area contributed by atoms with Crippen LogP contribution in [-0.4, -0.2) is 47.5 Å². The lowest BCUT2D eigenvalue weighted by atomic mass is 10.2. The minimum Gasteiger partial charge on any atom is -0.215 e. The summed E-state index contributed by atoms with van der Waals surface area (Å²) in [5, 5.41) is 0. The van der Waals surface area contributed by atoms with Gasteiger partial charge in [0.25, 0.3) is 0 Å². The van der Waals surface area contributed by atoms with Gasteiger partial charge in [0.05, 0.1) is 10.6 Å². The van der Waals surface area contributed by atoms with Crippen LogP contribution in [0.25, 0.3) is 0 Å². The molecule has 0 saturated heterocycles. The number of sulfonamides is 2. The van der Waals surface area contributed by atoms with E-state index in [0.29, 0.717) is 13.0 Å². The Kier molecular flexibility index (Phi) is 6.98. The predicted molar refractivity (Wildman–Crippen MR) is 87.7 cm³/mol. The lowest BCUT2D eigenvalue weighted by Gasteiger charge is -2.11. The number of benzene rings is 1. The lowest BCUT2D eigenvalue weighted by Crippen LogP contribution is -2.28. The van der Waals surface area contributed by atoms with Gasteiger partial charge < -0.3 is 0 Å². The Morgan fingerprint density at radius 1 is 1.05 bits per heavy atom. The fourth-order valence-electron chi connectivity index (χ4n) is 1.77. The van der Waals surface area contributed by atoms with E-state index >= 15 is 0 Å². The molecule has 0 amide bonds. The maximum atomic E-state index is 11.9. The number of hydrogen-bond acceptors (Lipinski definition) is 4. The van der Waals surface area contributed by atoms with E-state index in [4.69, 9.17) is 0 Å². The van der Waals surface area contributed by atoms with Crippen molar-refractivity contribution in [2.75, 3.05) is 26.4 Å². The highest BCUT2D eigenvalue weighted by Crippen LogP contribution is 2.14. The molecule has 1 aromatic rings. The van der Waals surface area contributed by atoms with Gasteiger partial charge in [-0.1, -0.05) is 25.5 Å². The quantitative estimate of drug-likeness (QED) is 0.680. The van der Waals surface area contributed by atoms with Crippen molar-refractivity contribution in [2.24, 2.45) is 0 Å². The maximum Gasteiger partial charge on any atom is 0.242 e. The Hall–Kier alpha value is -0.960. The van der Waals surface area contributed by atoms with Crippen molar-refractivity contribution >= 4 is 20.0 Å². The summed E-state index contributed by atoms with van der Waals surface area (Å²) in [7, 11) is -3.79. The van der Waals surface area contributed by atoms with E-state index in [9.17, 15) is 16.8 Å². The molecule has 6 nitrogen and oxygen atoms in total. The van der Waals surface area contributed by atoms with E-state index in [1.165, 1.54) is 26.2 Å². The number of hydrogen-bond donors (Lipinski definition) is 1. The molecule has 0 aliphatic rings. The first kappa shape index (κ1) is 19.1. The third kappa shape index (κ3) is 5.68. The van der Waals surface area contributed by atoms with E-state index in [2.05, 4.69) is 4.72 Å². The highest BCUT2D eigenvalue weighted by atomic mass is 32.2. The van der Waals surface area contributed by atoms with Gasteiger partial charge in [-0.05, 0) is 30.5 Å². The van der Waals surface area contributed by atoms with Crippen LogP contribution in [0.3, 0.4) is 0 Å². The maximum absolute atomic E-state index is 11.9. The molecule has 0 aliphatic carbocycles. The van der Waals surface area contributed by atoms with Crippen molar-refractivity contribution in [1.29, 1.82) is 0 Å². The molecule has 0 fully saturated rings. The van der Waals surface area contributed by atoms with E-state index in [1.54, 1.807) is 12.1 Å². The van der Waals surface area contributed by atoms with Gasteiger partial charge >= 0.3 is 0 Å². The van der Waals surface area contributed by atoms with Crippen LogP contribution >= 0.6 is 0 Å². The van der Waals surface area contributed by atoms with Crippen LogP contribution in [0, 0.1) is 0 Å². The summed E-state index contributed by atoms with van der Waals surface area (Å²) >= 11 is 0. The molecule has 0 unspecified atom stereocenters. The molecular weight excluding hydrogens is 324 g/mol. The van der Waals surface area contributed by atoms with Crippen LogP contribution in [0.15, 0.2) is 29.2 Å². The van der Waals surface area contributed by atoms with Gasteiger partial charge in [-0.3, -0.25) is 0 Å². The minimum atomic E-state index is -3.45. The highest BCUT2D eigenvalue weighted by Gasteiger charge is 2.17. The Bertz CT molecular complexity index is 665. The first-order chi connectivity index (χ1) is 10.2. The average Bonchev–Trinajstić information content (AvgIpc) is 2.45. The zero-order valence-electron chi connectivity index (χ0n) is 13.2. The molecule has 0 bridgehead atoms. The van der Waals surface area contributed by atoms with Crippen molar-refractivity contribution in [1.82, 2.24) is 9.03 Å². The molecule has 0 heterocycles. The molecule has 126 valence electrons. The number of nitrogens with zero attached hydrogens (tertiary/aromatic N) is 1. The summed E-state index contributed by atoms with van der Waals surface area (Å²) in [6, 6.07) is 6.31.